The Hall–Kier alpha value is -2.43. The van der Waals surface area contributed by atoms with Crippen molar-refractivity contribution in [2.24, 2.45) is 7.05 Å². The molecule has 5 nitrogen and oxygen atoms in total. The van der Waals surface area contributed by atoms with E-state index in [2.05, 4.69) is 15.1 Å². The summed E-state index contributed by atoms with van der Waals surface area (Å²) in [6, 6.07) is 9.78. The molecule has 0 atom stereocenters. The van der Waals surface area contributed by atoms with Crippen LogP contribution in [-0.2, 0) is 7.05 Å². The molecule has 17 heavy (non-hydrogen) atoms. The number of fused-ring (bicyclic) bond motifs is 1. The van der Waals surface area contributed by atoms with Gasteiger partial charge in [-0.25, -0.2) is 4.98 Å². The number of aromatic nitrogens is 4. The SMILES string of the molecule is Cn1nc2c(=O)[nH]cnc2c1-c1ccccc1. The van der Waals surface area contributed by atoms with Gasteiger partial charge in [0.05, 0.1) is 12.0 Å². The minimum absolute atomic E-state index is 0.215. The van der Waals surface area contributed by atoms with Gasteiger partial charge in [-0.2, -0.15) is 5.10 Å². The number of benzene rings is 1. The van der Waals surface area contributed by atoms with Crippen LogP contribution in [0.3, 0.4) is 0 Å². The van der Waals surface area contributed by atoms with Crippen LogP contribution in [0.5, 0.6) is 0 Å². The molecular weight excluding hydrogens is 216 g/mol. The van der Waals surface area contributed by atoms with Crippen molar-refractivity contribution >= 4 is 11.0 Å². The lowest BCUT2D eigenvalue weighted by molar-refractivity contribution is 0.786. The largest absolute Gasteiger partial charge is 0.311 e. The number of rotatable bonds is 1. The van der Waals surface area contributed by atoms with Crippen LogP contribution in [0.25, 0.3) is 22.3 Å². The minimum atomic E-state index is -0.215. The standard InChI is InChI=1S/C12H10N4O/c1-16-11(8-5-3-2-4-6-8)9-10(15-16)12(17)14-7-13-9/h2-7H,1H3,(H,13,14,17). The highest BCUT2D eigenvalue weighted by atomic mass is 16.1. The Balaban J connectivity index is 2.41. The van der Waals surface area contributed by atoms with E-state index >= 15 is 0 Å². The Morgan fingerprint density at radius 1 is 1.18 bits per heavy atom. The second kappa shape index (κ2) is 3.55. The maximum Gasteiger partial charge on any atom is 0.279 e. The molecule has 0 saturated carbocycles. The lowest BCUT2D eigenvalue weighted by Gasteiger charge is -2.01. The molecule has 3 aromatic rings. The van der Waals surface area contributed by atoms with Crippen LogP contribution >= 0.6 is 0 Å². The van der Waals surface area contributed by atoms with Gasteiger partial charge in [0.15, 0.2) is 5.52 Å². The molecule has 2 heterocycles. The number of hydrogen-bond donors (Lipinski definition) is 1. The highest BCUT2D eigenvalue weighted by molar-refractivity contribution is 5.89. The van der Waals surface area contributed by atoms with Crippen LogP contribution < -0.4 is 5.56 Å². The van der Waals surface area contributed by atoms with Crippen molar-refractivity contribution in [3.05, 3.63) is 47.0 Å². The Morgan fingerprint density at radius 3 is 2.71 bits per heavy atom. The molecule has 0 spiro atoms. The summed E-state index contributed by atoms with van der Waals surface area (Å²) >= 11 is 0. The monoisotopic (exact) mass is 226 g/mol. The molecule has 0 aliphatic rings. The predicted molar refractivity (Wildman–Crippen MR) is 64.6 cm³/mol. The summed E-state index contributed by atoms with van der Waals surface area (Å²) in [7, 11) is 1.81. The van der Waals surface area contributed by atoms with Gasteiger partial charge >= 0.3 is 0 Å². The van der Waals surface area contributed by atoms with Gasteiger partial charge in [0.2, 0.25) is 0 Å². The first-order valence-electron chi connectivity index (χ1n) is 5.23. The quantitative estimate of drug-likeness (QED) is 0.680. The van der Waals surface area contributed by atoms with Crippen molar-refractivity contribution in [3.8, 4) is 11.3 Å². The maximum absolute atomic E-state index is 11.6. The van der Waals surface area contributed by atoms with E-state index < -0.39 is 0 Å². The smallest absolute Gasteiger partial charge is 0.279 e. The third-order valence-electron chi connectivity index (χ3n) is 2.67. The fourth-order valence-electron chi connectivity index (χ4n) is 1.93. The van der Waals surface area contributed by atoms with Gasteiger partial charge in [-0.15, -0.1) is 0 Å². The summed E-state index contributed by atoms with van der Waals surface area (Å²) in [5.41, 5.74) is 2.63. The van der Waals surface area contributed by atoms with E-state index in [0.717, 1.165) is 11.3 Å². The fourth-order valence-corrected chi connectivity index (χ4v) is 1.93. The summed E-state index contributed by atoms with van der Waals surface area (Å²) in [6.45, 7) is 0. The third kappa shape index (κ3) is 1.44. The highest BCUT2D eigenvalue weighted by Gasteiger charge is 2.13. The zero-order valence-corrected chi connectivity index (χ0v) is 9.21. The molecule has 1 aromatic carbocycles. The van der Waals surface area contributed by atoms with Crippen molar-refractivity contribution in [3.63, 3.8) is 0 Å². The maximum atomic E-state index is 11.6. The van der Waals surface area contributed by atoms with Crippen LogP contribution in [0.15, 0.2) is 41.5 Å². The molecular formula is C12H10N4O. The molecule has 0 aliphatic carbocycles. The number of hydrogen-bond acceptors (Lipinski definition) is 3. The van der Waals surface area contributed by atoms with E-state index in [1.807, 2.05) is 37.4 Å². The number of H-pyrrole nitrogens is 1. The van der Waals surface area contributed by atoms with Gasteiger partial charge in [0.1, 0.15) is 5.52 Å². The van der Waals surface area contributed by atoms with Crippen LogP contribution in [0.2, 0.25) is 0 Å². The number of nitrogens with zero attached hydrogens (tertiary/aromatic N) is 3. The Bertz CT molecular complexity index is 727. The summed E-state index contributed by atoms with van der Waals surface area (Å²) in [5.74, 6) is 0. The minimum Gasteiger partial charge on any atom is -0.311 e. The molecule has 0 radical (unpaired) electrons. The molecule has 0 unspecified atom stereocenters. The summed E-state index contributed by atoms with van der Waals surface area (Å²) in [6.07, 6.45) is 1.40. The molecule has 0 saturated heterocycles. The first kappa shape index (κ1) is 9.77. The lowest BCUT2D eigenvalue weighted by Crippen LogP contribution is -2.06. The first-order valence-corrected chi connectivity index (χ1v) is 5.23. The zero-order chi connectivity index (χ0) is 11.8. The topological polar surface area (TPSA) is 63.6 Å². The van der Waals surface area contributed by atoms with Crippen molar-refractivity contribution in [1.29, 1.82) is 0 Å². The summed E-state index contributed by atoms with van der Waals surface area (Å²) < 4.78 is 1.68. The van der Waals surface area contributed by atoms with Crippen LogP contribution in [0, 0.1) is 0 Å². The number of nitrogens with one attached hydrogen (secondary N) is 1. The second-order valence-electron chi connectivity index (χ2n) is 3.77. The third-order valence-corrected chi connectivity index (χ3v) is 2.67. The number of aryl methyl sites for hydroxylation is 1. The van der Waals surface area contributed by atoms with Crippen molar-refractivity contribution in [2.45, 2.75) is 0 Å². The van der Waals surface area contributed by atoms with E-state index in [4.69, 9.17) is 0 Å². The molecule has 1 N–H and O–H groups in total. The van der Waals surface area contributed by atoms with Crippen LogP contribution in [0.4, 0.5) is 0 Å². The van der Waals surface area contributed by atoms with Gasteiger partial charge in [-0.05, 0) is 0 Å². The lowest BCUT2D eigenvalue weighted by atomic mass is 10.1. The van der Waals surface area contributed by atoms with Gasteiger partial charge in [-0.3, -0.25) is 9.48 Å². The number of aromatic amines is 1. The molecule has 0 aliphatic heterocycles. The van der Waals surface area contributed by atoms with Gasteiger partial charge in [0, 0.05) is 12.6 Å². The van der Waals surface area contributed by atoms with E-state index in [1.54, 1.807) is 4.68 Å². The Labute approximate surface area is 96.7 Å². The Morgan fingerprint density at radius 2 is 1.94 bits per heavy atom. The average Bonchev–Trinajstić information content (AvgIpc) is 2.68. The fraction of sp³-hybridized carbons (Fsp3) is 0.0833. The van der Waals surface area contributed by atoms with E-state index in [0.29, 0.717) is 11.0 Å². The Kier molecular flexibility index (Phi) is 2.04. The molecule has 0 bridgehead atoms. The summed E-state index contributed by atoms with van der Waals surface area (Å²) in [5, 5.41) is 4.20. The molecule has 0 amide bonds. The van der Waals surface area contributed by atoms with Crippen LogP contribution in [0.1, 0.15) is 0 Å². The second-order valence-corrected chi connectivity index (χ2v) is 3.77. The summed E-state index contributed by atoms with van der Waals surface area (Å²) in [4.78, 5) is 18.3. The van der Waals surface area contributed by atoms with Crippen LogP contribution in [-0.4, -0.2) is 19.7 Å². The first-order chi connectivity index (χ1) is 8.27. The molecule has 3 rings (SSSR count). The molecule has 5 heteroatoms. The van der Waals surface area contributed by atoms with Gasteiger partial charge in [0.25, 0.3) is 5.56 Å². The van der Waals surface area contributed by atoms with E-state index in [9.17, 15) is 4.79 Å². The zero-order valence-electron chi connectivity index (χ0n) is 9.21. The van der Waals surface area contributed by atoms with E-state index in [1.165, 1.54) is 6.33 Å². The van der Waals surface area contributed by atoms with Crippen molar-refractivity contribution in [2.75, 3.05) is 0 Å². The van der Waals surface area contributed by atoms with Crippen molar-refractivity contribution < 1.29 is 0 Å². The normalized spacial score (nSPS) is 10.9. The van der Waals surface area contributed by atoms with Gasteiger partial charge in [-0.1, -0.05) is 30.3 Å². The van der Waals surface area contributed by atoms with Gasteiger partial charge < -0.3 is 4.98 Å². The molecule has 0 fully saturated rings. The molecule has 2 aromatic heterocycles. The highest BCUT2D eigenvalue weighted by Crippen LogP contribution is 2.24. The van der Waals surface area contributed by atoms with E-state index in [-0.39, 0.29) is 5.56 Å². The predicted octanol–water partition coefficient (Wildman–Crippen LogP) is 1.32. The molecule has 84 valence electrons. The van der Waals surface area contributed by atoms with Crippen molar-refractivity contribution in [1.82, 2.24) is 19.7 Å². The average molecular weight is 226 g/mol.